The molecule has 0 spiro atoms. The second kappa shape index (κ2) is 9.59. The third kappa shape index (κ3) is 4.72. The van der Waals surface area contributed by atoms with Gasteiger partial charge in [-0.3, -0.25) is 9.59 Å². The molecule has 196 valence electrons. The van der Waals surface area contributed by atoms with Crippen LogP contribution in [0, 0.1) is 17.6 Å². The van der Waals surface area contributed by atoms with E-state index in [1.54, 1.807) is 17.9 Å². The van der Waals surface area contributed by atoms with E-state index < -0.39 is 29.9 Å². The molecular formula is C28H20F3N5O3. The summed E-state index contributed by atoms with van der Waals surface area (Å²) in [6.45, 7) is 1.91. The van der Waals surface area contributed by atoms with E-state index in [0.717, 1.165) is 29.0 Å². The van der Waals surface area contributed by atoms with Crippen molar-refractivity contribution in [3.05, 3.63) is 100 Å². The highest BCUT2D eigenvalue weighted by molar-refractivity contribution is 6.06. The molecule has 4 heterocycles. The summed E-state index contributed by atoms with van der Waals surface area (Å²) in [5.41, 5.74) is 2.21. The third-order valence-corrected chi connectivity index (χ3v) is 6.61. The molecular weight excluding hydrogens is 511 g/mol. The number of halogens is 3. The summed E-state index contributed by atoms with van der Waals surface area (Å²) < 4.78 is 48.9. The Labute approximate surface area is 219 Å². The fourth-order valence-electron chi connectivity index (χ4n) is 4.77. The van der Waals surface area contributed by atoms with Gasteiger partial charge in [-0.15, -0.1) is 0 Å². The van der Waals surface area contributed by atoms with Crippen LogP contribution < -0.4 is 10.6 Å². The van der Waals surface area contributed by atoms with Crippen molar-refractivity contribution in [1.82, 2.24) is 19.7 Å². The van der Waals surface area contributed by atoms with Gasteiger partial charge in [-0.1, -0.05) is 6.07 Å². The number of hydrogen-bond acceptors (Lipinski definition) is 5. The van der Waals surface area contributed by atoms with Gasteiger partial charge in [-0.2, -0.15) is 9.49 Å². The van der Waals surface area contributed by atoms with Crippen LogP contribution in [-0.2, 0) is 20.7 Å². The van der Waals surface area contributed by atoms with Gasteiger partial charge >= 0.3 is 0 Å². The molecule has 8 nitrogen and oxygen atoms in total. The lowest BCUT2D eigenvalue weighted by molar-refractivity contribution is -0.130. The van der Waals surface area contributed by atoms with Crippen molar-refractivity contribution in [3.63, 3.8) is 0 Å². The molecule has 11 heteroatoms. The zero-order valence-corrected chi connectivity index (χ0v) is 20.5. The quantitative estimate of drug-likeness (QED) is 0.357. The van der Waals surface area contributed by atoms with E-state index in [4.69, 9.17) is 4.74 Å². The second-order valence-corrected chi connectivity index (χ2v) is 9.27. The molecule has 2 atom stereocenters. The predicted molar refractivity (Wildman–Crippen MR) is 132 cm³/mol. The zero-order valence-electron chi connectivity index (χ0n) is 20.5. The minimum atomic E-state index is -0.878. The van der Waals surface area contributed by atoms with Gasteiger partial charge in [0.2, 0.25) is 5.95 Å². The van der Waals surface area contributed by atoms with Crippen LogP contribution in [0.3, 0.4) is 0 Å². The maximum Gasteiger partial charge on any atom is 0.270 e. The van der Waals surface area contributed by atoms with Crippen molar-refractivity contribution >= 4 is 17.9 Å². The number of ether oxygens (including phenoxy) is 1. The van der Waals surface area contributed by atoms with Gasteiger partial charge in [0, 0.05) is 47.4 Å². The molecule has 2 amide bonds. The molecule has 2 aliphatic rings. The summed E-state index contributed by atoms with van der Waals surface area (Å²) in [4.78, 5) is 33.9. The summed E-state index contributed by atoms with van der Waals surface area (Å²) in [6, 6.07) is 11.1. The molecule has 0 bridgehead atoms. The van der Waals surface area contributed by atoms with Crippen molar-refractivity contribution in [1.29, 1.82) is 0 Å². The van der Waals surface area contributed by atoms with Gasteiger partial charge in [-0.25, -0.2) is 23.4 Å². The lowest BCUT2D eigenvalue weighted by Gasteiger charge is -2.23. The number of nitrogens with zero attached hydrogens (tertiary/aromatic N) is 5. The number of pyridine rings is 1. The average Bonchev–Trinajstić information content (AvgIpc) is 3.57. The van der Waals surface area contributed by atoms with Crippen LogP contribution >= 0.6 is 0 Å². The molecule has 1 fully saturated rings. The number of rotatable bonds is 6. The number of carbonyl (C=O) groups is 2. The lowest BCUT2D eigenvalue weighted by Crippen LogP contribution is -2.32. The van der Waals surface area contributed by atoms with Crippen molar-refractivity contribution in [3.8, 4) is 16.9 Å². The van der Waals surface area contributed by atoms with Gasteiger partial charge < -0.3 is 9.64 Å². The molecule has 0 radical (unpaired) electrons. The van der Waals surface area contributed by atoms with Crippen LogP contribution in [0.4, 0.5) is 13.2 Å². The fraction of sp³-hybridized carbons (Fsp3) is 0.179. The molecule has 0 N–H and O–H groups in total. The molecule has 2 unspecified atom stereocenters. The standard InChI is InChI=1S/C28H20F3N5O3/c1-15-27(38)35(7-6-16-2-4-23-18(8-16)9-25(37)33-23)28(39-15)22-14-36(21-11-19(29)10-20(30)12-21)34-26(22)17-3-5-24(31)32-13-17/h2-5,8-15,28H,6-7H2,1H3. The molecule has 6 rings (SSSR count). The van der Waals surface area contributed by atoms with Gasteiger partial charge in [0.05, 0.1) is 11.0 Å². The number of carbonyl (C=O) groups excluding carboxylic acids is 2. The number of aromatic nitrogens is 3. The Morgan fingerprint density at radius 3 is 2.54 bits per heavy atom. The maximum absolute atomic E-state index is 14.0. The monoisotopic (exact) mass is 531 g/mol. The van der Waals surface area contributed by atoms with Crippen LogP contribution in [0.1, 0.15) is 24.3 Å². The largest absolute Gasteiger partial charge is 0.341 e. The first-order valence-corrected chi connectivity index (χ1v) is 12.1. The summed E-state index contributed by atoms with van der Waals surface area (Å²) in [5.74, 6) is -2.80. The van der Waals surface area contributed by atoms with Gasteiger partial charge in [-0.05, 0) is 55.3 Å². The van der Waals surface area contributed by atoms with E-state index in [2.05, 4.69) is 15.1 Å². The Morgan fingerprint density at radius 1 is 1.00 bits per heavy atom. The molecule has 2 aromatic heterocycles. The van der Waals surface area contributed by atoms with Gasteiger partial charge in [0.1, 0.15) is 23.4 Å². The van der Waals surface area contributed by atoms with Gasteiger partial charge in [0.25, 0.3) is 11.8 Å². The van der Waals surface area contributed by atoms with Crippen LogP contribution in [0.5, 0.6) is 0 Å². The highest BCUT2D eigenvalue weighted by Gasteiger charge is 2.40. The predicted octanol–water partition coefficient (Wildman–Crippen LogP) is 2.78. The Hall–Kier alpha value is -4.64. The summed E-state index contributed by atoms with van der Waals surface area (Å²) >= 11 is 0. The van der Waals surface area contributed by atoms with E-state index in [1.807, 2.05) is 12.1 Å². The maximum atomic E-state index is 14.0. The normalized spacial score (nSPS) is 18.3. The van der Waals surface area contributed by atoms with Crippen molar-refractivity contribution in [2.75, 3.05) is 6.54 Å². The van der Waals surface area contributed by atoms with E-state index in [9.17, 15) is 22.8 Å². The van der Waals surface area contributed by atoms with Crippen LogP contribution in [0.15, 0.2) is 65.9 Å². The van der Waals surface area contributed by atoms with Crippen molar-refractivity contribution in [2.45, 2.75) is 25.7 Å². The molecule has 1 saturated heterocycles. The Bertz CT molecular complexity index is 1730. The van der Waals surface area contributed by atoms with Crippen molar-refractivity contribution < 1.29 is 27.5 Å². The minimum absolute atomic E-state index is 0.119. The van der Waals surface area contributed by atoms with Gasteiger partial charge in [0.15, 0.2) is 6.23 Å². The van der Waals surface area contributed by atoms with Crippen molar-refractivity contribution in [2.24, 2.45) is 4.99 Å². The van der Waals surface area contributed by atoms with E-state index in [0.29, 0.717) is 28.6 Å². The van der Waals surface area contributed by atoms with Crippen LogP contribution in [-0.4, -0.2) is 44.1 Å². The first-order valence-electron chi connectivity index (χ1n) is 12.1. The minimum Gasteiger partial charge on any atom is -0.341 e. The third-order valence-electron chi connectivity index (χ3n) is 6.61. The molecule has 0 saturated carbocycles. The van der Waals surface area contributed by atoms with E-state index in [1.165, 1.54) is 35.3 Å². The molecule has 4 aromatic rings. The second-order valence-electron chi connectivity index (χ2n) is 9.27. The summed E-state index contributed by atoms with van der Waals surface area (Å²) in [6.07, 6.45) is 3.11. The summed E-state index contributed by atoms with van der Waals surface area (Å²) in [5, 5.41) is 5.84. The van der Waals surface area contributed by atoms with Crippen LogP contribution in [0.2, 0.25) is 0 Å². The number of hydrogen-bond donors (Lipinski definition) is 0. The Balaban J connectivity index is 1.38. The zero-order chi connectivity index (χ0) is 27.3. The summed E-state index contributed by atoms with van der Waals surface area (Å²) in [7, 11) is 0. The molecule has 2 aromatic carbocycles. The fourth-order valence-corrected chi connectivity index (χ4v) is 4.77. The highest BCUT2D eigenvalue weighted by atomic mass is 19.1. The highest BCUT2D eigenvalue weighted by Crippen LogP contribution is 2.37. The SMILES string of the molecule is CC1OC(c2cn(-c3cc(F)cc(F)c3)nc2-c2ccc(F)nc2)N(CCc2ccc3c(c2)=CC(=O)N=3)C1=O. The number of benzene rings is 2. The Kier molecular flexibility index (Phi) is 6.07. The van der Waals surface area contributed by atoms with E-state index >= 15 is 0 Å². The first-order chi connectivity index (χ1) is 18.7. The molecule has 2 aliphatic heterocycles. The Morgan fingerprint density at radius 2 is 1.79 bits per heavy atom. The molecule has 0 aliphatic carbocycles. The first kappa shape index (κ1) is 24.7. The topological polar surface area (TPSA) is 89.7 Å². The van der Waals surface area contributed by atoms with E-state index in [-0.39, 0.29) is 24.0 Å². The number of fused-ring (bicyclic) bond motifs is 1. The average molecular weight is 531 g/mol. The lowest BCUT2D eigenvalue weighted by atomic mass is 10.1. The number of amides is 2. The smallest absolute Gasteiger partial charge is 0.270 e. The van der Waals surface area contributed by atoms with Crippen LogP contribution in [0.25, 0.3) is 23.0 Å². The molecule has 39 heavy (non-hydrogen) atoms.